The highest BCUT2D eigenvalue weighted by molar-refractivity contribution is 5.96. The quantitative estimate of drug-likeness (QED) is 0.222. The molecule has 4 saturated heterocycles. The first kappa shape index (κ1) is 25.3. The Morgan fingerprint density at radius 2 is 1.10 bits per heavy atom. The highest BCUT2D eigenvalue weighted by Crippen LogP contribution is 2.66. The molecule has 0 radical (unpaired) electrons. The van der Waals surface area contributed by atoms with Crippen LogP contribution in [0.25, 0.3) is 11.1 Å². The van der Waals surface area contributed by atoms with Crippen LogP contribution >= 0.6 is 0 Å². The van der Waals surface area contributed by atoms with E-state index in [1.165, 1.54) is 9.80 Å². The average Bonchev–Trinajstić information content (AvgIpc) is 3.72. The molecule has 12 heteroatoms. The van der Waals surface area contributed by atoms with Crippen LogP contribution in [0.5, 0.6) is 0 Å². The van der Waals surface area contributed by atoms with E-state index < -0.39 is 59.1 Å². The zero-order chi connectivity index (χ0) is 28.5. The summed E-state index contributed by atoms with van der Waals surface area (Å²) in [6.45, 7) is 7.56. The molecule has 39 heavy (non-hydrogen) atoms. The third-order valence-electron chi connectivity index (χ3n) is 9.52. The van der Waals surface area contributed by atoms with Crippen molar-refractivity contribution in [2.24, 2.45) is 0 Å². The number of nitrogen functional groups attached to an aromatic ring is 1. The van der Waals surface area contributed by atoms with Crippen LogP contribution in [0, 0.1) is 27.7 Å². The zero-order valence-electron chi connectivity index (χ0n) is 21.7. The Morgan fingerprint density at radius 1 is 0.718 bits per heavy atom. The second-order valence-corrected chi connectivity index (χ2v) is 11.2. The molecule has 2 aromatic rings. The summed E-state index contributed by atoms with van der Waals surface area (Å²) in [6.07, 6.45) is 0.170. The van der Waals surface area contributed by atoms with E-state index in [1.54, 1.807) is 6.07 Å². The molecule has 0 bridgehead atoms. The number of aliphatic carboxylic acids is 4. The summed E-state index contributed by atoms with van der Waals surface area (Å²) in [4.78, 5) is 54.9. The number of benzene rings is 1. The Morgan fingerprint density at radius 3 is 1.46 bits per heavy atom. The van der Waals surface area contributed by atoms with Gasteiger partial charge in [-0.25, -0.2) is 0 Å². The summed E-state index contributed by atoms with van der Waals surface area (Å²) in [5.74, 6) is -4.38. The van der Waals surface area contributed by atoms with Crippen molar-refractivity contribution in [3.8, 4) is 11.1 Å². The SMILES string of the molecule is Cc1c(N)ccc(-c2c(C)c(CC34C(C(=O)O)N3C4C(=O)O)nc(CC34C(C(=O)O)N3C4C(=O)O)c2C)c1C. The summed E-state index contributed by atoms with van der Waals surface area (Å²) in [7, 11) is 0. The molecule has 4 atom stereocenters. The number of carbonyl (C=O) groups is 4. The summed E-state index contributed by atoms with van der Waals surface area (Å²) >= 11 is 0. The highest BCUT2D eigenvalue weighted by atomic mass is 16.4. The van der Waals surface area contributed by atoms with Crippen LogP contribution in [-0.2, 0) is 32.0 Å². The fraction of sp³-hybridized carbons (Fsp3) is 0.444. The van der Waals surface area contributed by atoms with Crippen molar-refractivity contribution in [3.63, 3.8) is 0 Å². The molecule has 1 aromatic carbocycles. The van der Waals surface area contributed by atoms with E-state index >= 15 is 0 Å². The largest absolute Gasteiger partial charge is 0.480 e. The van der Waals surface area contributed by atoms with E-state index in [0.717, 1.165) is 33.4 Å². The van der Waals surface area contributed by atoms with Gasteiger partial charge in [0.2, 0.25) is 0 Å². The lowest BCUT2D eigenvalue weighted by Crippen LogP contribution is -2.38. The van der Waals surface area contributed by atoms with Crippen molar-refractivity contribution in [2.45, 2.75) is 75.8 Å². The Bertz CT molecular complexity index is 1420. The van der Waals surface area contributed by atoms with Gasteiger partial charge in [0.05, 0.1) is 11.1 Å². The van der Waals surface area contributed by atoms with Crippen molar-refractivity contribution in [1.29, 1.82) is 0 Å². The summed E-state index contributed by atoms with van der Waals surface area (Å²) in [6, 6.07) is 0.0232. The van der Waals surface area contributed by atoms with E-state index in [-0.39, 0.29) is 12.8 Å². The van der Waals surface area contributed by atoms with Gasteiger partial charge in [-0.1, -0.05) is 6.07 Å². The number of rotatable bonds is 9. The second kappa shape index (κ2) is 7.54. The van der Waals surface area contributed by atoms with E-state index in [4.69, 9.17) is 10.7 Å². The molecule has 5 heterocycles. The topological polar surface area (TPSA) is 194 Å². The molecule has 12 nitrogen and oxygen atoms in total. The number of aromatic nitrogens is 1. The number of carboxylic acids is 4. The molecule has 0 spiro atoms. The first-order chi connectivity index (χ1) is 18.2. The van der Waals surface area contributed by atoms with Gasteiger partial charge in [0.15, 0.2) is 0 Å². The highest BCUT2D eigenvalue weighted by Gasteiger charge is 2.91. The van der Waals surface area contributed by atoms with Crippen molar-refractivity contribution >= 4 is 29.6 Å². The molecular formula is C27H28N4O8. The normalized spacial score (nSPS) is 34.5. The van der Waals surface area contributed by atoms with E-state index in [1.807, 2.05) is 33.8 Å². The van der Waals surface area contributed by atoms with Gasteiger partial charge in [0.25, 0.3) is 0 Å². The maximum atomic E-state index is 11.8. The fourth-order valence-corrected chi connectivity index (χ4v) is 7.11. The van der Waals surface area contributed by atoms with Crippen molar-refractivity contribution < 1.29 is 39.6 Å². The fourth-order valence-electron chi connectivity index (χ4n) is 7.11. The molecule has 204 valence electrons. The van der Waals surface area contributed by atoms with Crippen molar-refractivity contribution in [1.82, 2.24) is 14.8 Å². The standard InChI is InChI=1S/C27H28N4O8/c1-9-10(2)14(28)6-5-13(9)17-11(3)15(7-26-18(22(32)33)30(26)19(26)23(34)35)29-16(12(17)4)8-27-20(24(36)37)31(27)21(27)25(38)39/h5-6,18-21H,7-8,28H2,1-4H3,(H,32,33)(H,34,35)(H,36,37)(H,38,39). The van der Waals surface area contributed by atoms with Crippen LogP contribution < -0.4 is 5.73 Å². The number of anilines is 1. The molecule has 4 aliphatic rings. The number of pyridine rings is 1. The van der Waals surface area contributed by atoms with Gasteiger partial charge in [0.1, 0.15) is 24.2 Å². The Kier molecular flexibility index (Phi) is 4.88. The number of hydrogen-bond acceptors (Lipinski definition) is 8. The molecule has 4 fully saturated rings. The molecule has 1 aromatic heterocycles. The van der Waals surface area contributed by atoms with Gasteiger partial charge in [-0.2, -0.15) is 0 Å². The van der Waals surface area contributed by atoms with Crippen LogP contribution in [0.3, 0.4) is 0 Å². The van der Waals surface area contributed by atoms with Crippen molar-refractivity contribution in [3.05, 3.63) is 45.8 Å². The van der Waals surface area contributed by atoms with Gasteiger partial charge in [-0.3, -0.25) is 34.0 Å². The van der Waals surface area contributed by atoms with Gasteiger partial charge >= 0.3 is 23.9 Å². The Hall–Kier alpha value is -4.03. The zero-order valence-corrected chi connectivity index (χ0v) is 21.7. The number of carboxylic acid groups (broad SMARTS) is 4. The lowest BCUT2D eigenvalue weighted by molar-refractivity contribution is -0.144. The number of nitrogens with two attached hydrogens (primary N) is 1. The van der Waals surface area contributed by atoms with Crippen LogP contribution in [0.1, 0.15) is 33.6 Å². The molecule has 6 N–H and O–H groups in total. The minimum atomic E-state index is -1.10. The summed E-state index contributed by atoms with van der Waals surface area (Å²) < 4.78 is 0. The van der Waals surface area contributed by atoms with Gasteiger partial charge in [-0.15, -0.1) is 0 Å². The predicted octanol–water partition coefficient (Wildman–Crippen LogP) is 0.598. The van der Waals surface area contributed by atoms with Crippen LogP contribution in [0.2, 0.25) is 0 Å². The maximum absolute atomic E-state index is 11.8. The molecule has 6 rings (SSSR count). The van der Waals surface area contributed by atoms with Gasteiger partial charge < -0.3 is 26.2 Å². The lowest BCUT2D eigenvalue weighted by atomic mass is 9.84. The third-order valence-corrected chi connectivity index (χ3v) is 9.52. The smallest absolute Gasteiger partial charge is 0.323 e. The molecular weight excluding hydrogens is 508 g/mol. The van der Waals surface area contributed by atoms with Crippen LogP contribution in [-0.4, -0.2) is 94.3 Å². The average molecular weight is 537 g/mol. The van der Waals surface area contributed by atoms with Crippen molar-refractivity contribution in [2.75, 3.05) is 5.73 Å². The Balaban J connectivity index is 1.48. The molecule has 4 unspecified atom stereocenters. The minimum Gasteiger partial charge on any atom is -0.480 e. The molecule has 0 amide bonds. The third kappa shape index (κ3) is 3.03. The molecule has 0 aliphatic carbocycles. The van der Waals surface area contributed by atoms with E-state index in [0.29, 0.717) is 17.1 Å². The first-order valence-corrected chi connectivity index (χ1v) is 12.6. The van der Waals surface area contributed by atoms with Crippen LogP contribution in [0.15, 0.2) is 12.1 Å². The predicted molar refractivity (Wildman–Crippen MR) is 135 cm³/mol. The van der Waals surface area contributed by atoms with Gasteiger partial charge in [-0.05, 0) is 67.1 Å². The van der Waals surface area contributed by atoms with E-state index in [2.05, 4.69) is 0 Å². The minimum absolute atomic E-state index is 0.0848. The number of hydrogen-bond donors (Lipinski definition) is 5. The molecule has 4 aliphatic heterocycles. The monoisotopic (exact) mass is 536 g/mol. The second-order valence-electron chi connectivity index (χ2n) is 11.2. The van der Waals surface area contributed by atoms with E-state index in [9.17, 15) is 39.6 Å². The lowest BCUT2D eigenvalue weighted by Gasteiger charge is -2.22. The maximum Gasteiger partial charge on any atom is 0.323 e. The van der Waals surface area contributed by atoms with Gasteiger partial charge in [0, 0.05) is 29.9 Å². The number of fused-ring (bicyclic) bond motifs is 2. The molecule has 0 saturated carbocycles. The first-order valence-electron chi connectivity index (χ1n) is 12.6. The van der Waals surface area contributed by atoms with Crippen LogP contribution in [0.4, 0.5) is 5.69 Å². The summed E-state index contributed by atoms with van der Waals surface area (Å²) in [5.41, 5.74) is 10.7. The number of nitrogens with zero attached hydrogens (tertiary/aromatic N) is 3. The summed E-state index contributed by atoms with van der Waals surface area (Å²) in [5, 5.41) is 38.5. The Labute approximate surface area is 222 Å².